The Kier molecular flexibility index (Phi) is 7.91. The van der Waals surface area contributed by atoms with E-state index in [1.807, 2.05) is 35.2 Å². The highest BCUT2D eigenvalue weighted by Crippen LogP contribution is 2.29. The summed E-state index contributed by atoms with van der Waals surface area (Å²) in [6.07, 6.45) is 6.62. The average Bonchev–Trinajstić information content (AvgIpc) is 2.99. The fourth-order valence-corrected chi connectivity index (χ4v) is 4.25. The number of benzene rings is 1. The first kappa shape index (κ1) is 20.9. The number of aromatic nitrogens is 1. The van der Waals surface area contributed by atoms with Crippen LogP contribution in [0.1, 0.15) is 42.5 Å². The van der Waals surface area contributed by atoms with Gasteiger partial charge in [0.15, 0.2) is 0 Å². The largest absolute Gasteiger partial charge is 0.351 e. The number of nitrogens with zero attached hydrogens (tertiary/aromatic N) is 2. The van der Waals surface area contributed by atoms with Crippen molar-refractivity contribution >= 4 is 39.5 Å². The zero-order valence-electron chi connectivity index (χ0n) is 15.7. The number of rotatable bonds is 6. The minimum Gasteiger partial charge on any atom is -0.351 e. The summed E-state index contributed by atoms with van der Waals surface area (Å²) in [5.74, 6) is -0.0344. The Morgan fingerprint density at radius 1 is 1.07 bits per heavy atom. The second kappa shape index (κ2) is 10.6. The molecule has 7 heteroatoms. The van der Waals surface area contributed by atoms with E-state index in [4.69, 9.17) is 0 Å². The first-order valence-corrected chi connectivity index (χ1v) is 11.2. The van der Waals surface area contributed by atoms with Crippen LogP contribution >= 0.6 is 27.7 Å². The van der Waals surface area contributed by atoms with Gasteiger partial charge in [-0.05, 0) is 53.0 Å². The Labute approximate surface area is 178 Å². The van der Waals surface area contributed by atoms with Gasteiger partial charge in [0.05, 0.1) is 5.56 Å². The lowest BCUT2D eigenvalue weighted by Gasteiger charge is -2.20. The molecule has 148 valence electrons. The number of pyridine rings is 1. The predicted molar refractivity (Wildman–Crippen MR) is 115 cm³/mol. The number of carbonyl (C=O) groups is 2. The predicted octanol–water partition coefficient (Wildman–Crippen LogP) is 4.52. The molecule has 0 bridgehead atoms. The van der Waals surface area contributed by atoms with Gasteiger partial charge >= 0.3 is 0 Å². The second-order valence-corrected chi connectivity index (χ2v) is 8.69. The number of likely N-dealkylation sites (tertiary alicyclic amines) is 1. The lowest BCUT2D eigenvalue weighted by molar-refractivity contribution is -0.131. The van der Waals surface area contributed by atoms with E-state index in [0.29, 0.717) is 18.5 Å². The molecule has 2 amide bonds. The van der Waals surface area contributed by atoms with E-state index in [2.05, 4.69) is 26.2 Å². The van der Waals surface area contributed by atoms with Crippen LogP contribution < -0.4 is 5.32 Å². The normalized spacial score (nSPS) is 14.4. The fourth-order valence-electron chi connectivity index (χ4n) is 3.13. The standard InChI is InChI=1S/C21H24BrN3O2S/c22-16-9-10-19(24-15-16)28-18-8-4-3-7-17(18)21(27)23-12-11-20(26)25-13-5-1-2-6-14-25/h3-4,7-10,15H,1-2,5-6,11-14H2,(H,23,27). The van der Waals surface area contributed by atoms with Crippen LogP contribution in [0.3, 0.4) is 0 Å². The number of hydrogen-bond acceptors (Lipinski definition) is 4. The van der Waals surface area contributed by atoms with Gasteiger partial charge in [0.1, 0.15) is 5.03 Å². The number of carbonyl (C=O) groups excluding carboxylic acids is 2. The maximum atomic E-state index is 12.6. The molecule has 1 saturated heterocycles. The number of amides is 2. The van der Waals surface area contributed by atoms with Crippen molar-refractivity contribution in [1.29, 1.82) is 0 Å². The van der Waals surface area contributed by atoms with Crippen LogP contribution in [0.15, 0.2) is 57.0 Å². The highest BCUT2D eigenvalue weighted by molar-refractivity contribution is 9.10. The zero-order chi connectivity index (χ0) is 19.8. The van der Waals surface area contributed by atoms with Gasteiger partial charge in [-0.3, -0.25) is 9.59 Å². The summed E-state index contributed by atoms with van der Waals surface area (Å²) in [6.45, 7) is 2.03. The van der Waals surface area contributed by atoms with Crippen molar-refractivity contribution in [1.82, 2.24) is 15.2 Å². The van der Waals surface area contributed by atoms with Gasteiger partial charge in [-0.15, -0.1) is 0 Å². The first-order chi connectivity index (χ1) is 13.6. The fraction of sp³-hybridized carbons (Fsp3) is 0.381. The molecule has 1 fully saturated rings. The van der Waals surface area contributed by atoms with Crippen molar-refractivity contribution < 1.29 is 9.59 Å². The third-order valence-electron chi connectivity index (χ3n) is 4.63. The minimum absolute atomic E-state index is 0.129. The second-order valence-electron chi connectivity index (χ2n) is 6.71. The van der Waals surface area contributed by atoms with Crippen LogP contribution in [0.5, 0.6) is 0 Å². The molecule has 2 aromatic rings. The molecule has 2 heterocycles. The quantitative estimate of drug-likeness (QED) is 0.686. The third kappa shape index (κ3) is 6.07. The lowest BCUT2D eigenvalue weighted by Crippen LogP contribution is -2.35. The Hall–Kier alpha value is -1.86. The van der Waals surface area contributed by atoms with E-state index < -0.39 is 0 Å². The van der Waals surface area contributed by atoms with Gasteiger partial charge in [0.25, 0.3) is 5.91 Å². The molecule has 0 aliphatic carbocycles. The van der Waals surface area contributed by atoms with Crippen molar-refractivity contribution in [2.75, 3.05) is 19.6 Å². The third-order valence-corrected chi connectivity index (χ3v) is 6.13. The van der Waals surface area contributed by atoms with Crippen molar-refractivity contribution in [3.63, 3.8) is 0 Å². The average molecular weight is 462 g/mol. The van der Waals surface area contributed by atoms with E-state index in [1.165, 1.54) is 24.6 Å². The summed E-state index contributed by atoms with van der Waals surface area (Å²) < 4.78 is 0.914. The van der Waals surface area contributed by atoms with Gasteiger partial charge in [-0.1, -0.05) is 36.7 Å². The van der Waals surface area contributed by atoms with Crippen molar-refractivity contribution in [3.8, 4) is 0 Å². The summed E-state index contributed by atoms with van der Waals surface area (Å²) in [5.41, 5.74) is 0.597. The Morgan fingerprint density at radius 2 is 1.82 bits per heavy atom. The van der Waals surface area contributed by atoms with Crippen LogP contribution in [0.2, 0.25) is 0 Å². The van der Waals surface area contributed by atoms with Gasteiger partial charge in [-0.2, -0.15) is 0 Å². The van der Waals surface area contributed by atoms with Crippen molar-refractivity contribution in [2.24, 2.45) is 0 Å². The Balaban J connectivity index is 1.55. The molecule has 0 unspecified atom stereocenters. The van der Waals surface area contributed by atoms with Gasteiger partial charge in [0, 0.05) is 41.6 Å². The van der Waals surface area contributed by atoms with Gasteiger partial charge < -0.3 is 10.2 Å². The van der Waals surface area contributed by atoms with Crippen molar-refractivity contribution in [2.45, 2.75) is 42.0 Å². The summed E-state index contributed by atoms with van der Waals surface area (Å²) >= 11 is 4.82. The maximum Gasteiger partial charge on any atom is 0.252 e. The minimum atomic E-state index is -0.163. The number of nitrogens with one attached hydrogen (secondary N) is 1. The smallest absolute Gasteiger partial charge is 0.252 e. The van der Waals surface area contributed by atoms with E-state index in [-0.39, 0.29) is 11.8 Å². The van der Waals surface area contributed by atoms with Crippen LogP contribution in [0, 0.1) is 0 Å². The molecular weight excluding hydrogens is 438 g/mol. The van der Waals surface area contributed by atoms with E-state index >= 15 is 0 Å². The number of halogens is 1. The SMILES string of the molecule is O=C(NCCC(=O)N1CCCCCC1)c1ccccc1Sc1ccc(Br)cn1. The molecule has 3 rings (SSSR count). The molecule has 0 saturated carbocycles. The Bertz CT molecular complexity index is 806. The molecule has 28 heavy (non-hydrogen) atoms. The van der Waals surface area contributed by atoms with Crippen LogP contribution in [0.25, 0.3) is 0 Å². The highest BCUT2D eigenvalue weighted by atomic mass is 79.9. The lowest BCUT2D eigenvalue weighted by atomic mass is 10.2. The summed E-state index contributed by atoms with van der Waals surface area (Å²) in [7, 11) is 0. The van der Waals surface area contributed by atoms with Crippen LogP contribution in [0.4, 0.5) is 0 Å². The van der Waals surface area contributed by atoms with Gasteiger partial charge in [-0.25, -0.2) is 4.98 Å². The number of hydrogen-bond donors (Lipinski definition) is 1. The van der Waals surface area contributed by atoms with Crippen molar-refractivity contribution in [3.05, 3.63) is 52.6 Å². The summed E-state index contributed by atoms with van der Waals surface area (Å²) in [4.78, 5) is 32.1. The molecule has 1 aromatic carbocycles. The van der Waals surface area contributed by atoms with Gasteiger partial charge in [0.2, 0.25) is 5.91 Å². The molecule has 5 nitrogen and oxygen atoms in total. The summed E-state index contributed by atoms with van der Waals surface area (Å²) in [5, 5.41) is 3.71. The molecule has 0 radical (unpaired) electrons. The highest BCUT2D eigenvalue weighted by Gasteiger charge is 2.16. The molecule has 1 aliphatic rings. The first-order valence-electron chi connectivity index (χ1n) is 9.58. The van der Waals surface area contributed by atoms with Crippen LogP contribution in [-0.2, 0) is 4.79 Å². The molecule has 1 N–H and O–H groups in total. The summed E-state index contributed by atoms with van der Waals surface area (Å²) in [6, 6.07) is 11.3. The molecule has 0 atom stereocenters. The molecular formula is C21H24BrN3O2S. The zero-order valence-corrected chi connectivity index (χ0v) is 18.1. The molecule has 1 aliphatic heterocycles. The topological polar surface area (TPSA) is 62.3 Å². The Morgan fingerprint density at radius 3 is 2.54 bits per heavy atom. The maximum absolute atomic E-state index is 12.6. The van der Waals surface area contributed by atoms with Crippen LogP contribution in [-0.4, -0.2) is 41.3 Å². The van der Waals surface area contributed by atoms with E-state index in [1.54, 1.807) is 12.3 Å². The monoisotopic (exact) mass is 461 g/mol. The molecule has 1 aromatic heterocycles. The van der Waals surface area contributed by atoms with E-state index in [9.17, 15) is 9.59 Å². The molecule has 0 spiro atoms. The van der Waals surface area contributed by atoms with E-state index in [0.717, 1.165) is 40.3 Å².